The molecular weight excluding hydrogens is 438 g/mol. The van der Waals surface area contributed by atoms with Crippen LogP contribution in [0.1, 0.15) is 0 Å². The van der Waals surface area contributed by atoms with Crippen LogP contribution in [-0.2, 0) is 0 Å². The van der Waals surface area contributed by atoms with Gasteiger partial charge in [-0.3, -0.25) is 0 Å². The molecule has 0 radical (unpaired) electrons. The number of benzene rings is 2. The molecule has 3 aromatic rings. The van der Waals surface area contributed by atoms with Crippen LogP contribution in [0.25, 0.3) is 10.9 Å². The molecule has 3 N–H and O–H groups in total. The number of aromatic amines is 1. The molecule has 0 aliphatic carbocycles. The molecule has 0 fully saturated rings. The molecule has 0 saturated carbocycles. The van der Waals surface area contributed by atoms with Crippen LogP contribution >= 0.6 is 27.7 Å². The predicted octanol–water partition coefficient (Wildman–Crippen LogP) is 6.33. The highest BCUT2D eigenvalue weighted by atomic mass is 79.9. The molecule has 0 spiro atoms. The summed E-state index contributed by atoms with van der Waals surface area (Å²) in [6.07, 6.45) is 1.51. The van der Waals surface area contributed by atoms with Crippen molar-refractivity contribution < 1.29 is 22.4 Å². The van der Waals surface area contributed by atoms with Gasteiger partial charge in [0, 0.05) is 27.7 Å². The number of carbonyl (C=O) groups excluding carboxylic acids is 1. The number of anilines is 2. The van der Waals surface area contributed by atoms with E-state index in [2.05, 4.69) is 31.5 Å². The zero-order valence-electron chi connectivity index (χ0n) is 12.7. The van der Waals surface area contributed by atoms with E-state index in [1.807, 2.05) is 0 Å². The summed E-state index contributed by atoms with van der Waals surface area (Å²) in [6.45, 7) is 0. The SMILES string of the molecule is O=C(Nc1ccc(SC(F)(F)F)cc1)Nc1c[nH]c2cc(Br)c(F)cc12. The number of hydrogen-bond acceptors (Lipinski definition) is 2. The van der Waals surface area contributed by atoms with E-state index in [-0.39, 0.29) is 16.7 Å². The molecular formula is C16H10BrF4N3OS. The fraction of sp³-hybridized carbons (Fsp3) is 0.0625. The molecule has 10 heteroatoms. The first-order chi connectivity index (χ1) is 12.2. The lowest BCUT2D eigenvalue weighted by atomic mass is 10.2. The highest BCUT2D eigenvalue weighted by Crippen LogP contribution is 2.37. The fourth-order valence-electron chi connectivity index (χ4n) is 2.24. The van der Waals surface area contributed by atoms with Crippen LogP contribution in [0.4, 0.5) is 33.7 Å². The van der Waals surface area contributed by atoms with Gasteiger partial charge in [0.1, 0.15) is 5.82 Å². The summed E-state index contributed by atoms with van der Waals surface area (Å²) in [6, 6.07) is 7.45. The minimum Gasteiger partial charge on any atom is -0.359 e. The molecule has 4 nitrogen and oxygen atoms in total. The van der Waals surface area contributed by atoms with Crippen molar-refractivity contribution in [2.75, 3.05) is 10.6 Å². The second kappa shape index (κ2) is 7.20. The van der Waals surface area contributed by atoms with E-state index in [1.54, 1.807) is 6.07 Å². The third-order valence-corrected chi connectivity index (χ3v) is 4.66. The third kappa shape index (κ3) is 4.50. The number of fused-ring (bicyclic) bond motifs is 1. The highest BCUT2D eigenvalue weighted by Gasteiger charge is 2.29. The summed E-state index contributed by atoms with van der Waals surface area (Å²) < 4.78 is 50.9. The number of urea groups is 1. The summed E-state index contributed by atoms with van der Waals surface area (Å²) in [5, 5.41) is 5.55. The van der Waals surface area contributed by atoms with Crippen molar-refractivity contribution in [2.45, 2.75) is 10.4 Å². The van der Waals surface area contributed by atoms with E-state index in [0.29, 0.717) is 26.8 Å². The van der Waals surface area contributed by atoms with Gasteiger partial charge in [-0.1, -0.05) is 0 Å². The van der Waals surface area contributed by atoms with Crippen LogP contribution < -0.4 is 10.6 Å². The Morgan fingerprint density at radius 3 is 2.46 bits per heavy atom. The van der Waals surface area contributed by atoms with Crippen LogP contribution in [0.2, 0.25) is 0 Å². The zero-order chi connectivity index (χ0) is 18.9. The second-order valence-electron chi connectivity index (χ2n) is 5.17. The minimum atomic E-state index is -4.37. The number of aromatic nitrogens is 1. The van der Waals surface area contributed by atoms with E-state index in [1.165, 1.54) is 36.5 Å². The maximum atomic E-state index is 13.7. The van der Waals surface area contributed by atoms with Crippen molar-refractivity contribution in [3.63, 3.8) is 0 Å². The molecule has 26 heavy (non-hydrogen) atoms. The number of hydrogen-bond donors (Lipinski definition) is 3. The van der Waals surface area contributed by atoms with Gasteiger partial charge in [-0.2, -0.15) is 13.2 Å². The van der Waals surface area contributed by atoms with Crippen molar-refractivity contribution in [1.29, 1.82) is 0 Å². The topological polar surface area (TPSA) is 56.9 Å². The minimum absolute atomic E-state index is 0.0149. The number of amides is 2. The van der Waals surface area contributed by atoms with Crippen LogP contribution in [0, 0.1) is 5.82 Å². The highest BCUT2D eigenvalue weighted by molar-refractivity contribution is 9.10. The predicted molar refractivity (Wildman–Crippen MR) is 97.0 cm³/mol. The molecule has 1 heterocycles. The Morgan fingerprint density at radius 2 is 1.81 bits per heavy atom. The molecule has 0 saturated heterocycles. The van der Waals surface area contributed by atoms with E-state index in [0.717, 1.165) is 0 Å². The van der Waals surface area contributed by atoms with Gasteiger partial charge in [0.05, 0.1) is 10.2 Å². The number of H-pyrrole nitrogens is 1. The van der Waals surface area contributed by atoms with Crippen molar-refractivity contribution >= 4 is 56.0 Å². The van der Waals surface area contributed by atoms with Gasteiger partial charge in [-0.05, 0) is 64.1 Å². The summed E-state index contributed by atoms with van der Waals surface area (Å²) in [7, 11) is 0. The largest absolute Gasteiger partial charge is 0.446 e. The van der Waals surface area contributed by atoms with Gasteiger partial charge in [-0.15, -0.1) is 0 Å². The molecule has 3 rings (SSSR count). The van der Waals surface area contributed by atoms with Gasteiger partial charge >= 0.3 is 11.5 Å². The number of rotatable bonds is 3. The van der Waals surface area contributed by atoms with Crippen molar-refractivity contribution in [3.8, 4) is 0 Å². The molecule has 2 aromatic carbocycles. The van der Waals surface area contributed by atoms with E-state index < -0.39 is 17.4 Å². The van der Waals surface area contributed by atoms with E-state index in [4.69, 9.17) is 0 Å². The summed E-state index contributed by atoms with van der Waals surface area (Å²) in [5.74, 6) is -0.474. The number of alkyl halides is 3. The van der Waals surface area contributed by atoms with Gasteiger partial charge in [0.15, 0.2) is 0 Å². The Morgan fingerprint density at radius 1 is 1.12 bits per heavy atom. The van der Waals surface area contributed by atoms with E-state index in [9.17, 15) is 22.4 Å². The normalized spacial score (nSPS) is 11.6. The number of carbonyl (C=O) groups is 1. The van der Waals surface area contributed by atoms with Gasteiger partial charge < -0.3 is 15.6 Å². The van der Waals surface area contributed by atoms with Crippen molar-refractivity contribution in [2.24, 2.45) is 0 Å². The molecule has 0 aliphatic rings. The average molecular weight is 448 g/mol. The standard InChI is InChI=1S/C16H10BrF4N3OS/c17-11-6-13-10(5-12(11)18)14(7-22-13)24-15(25)23-8-1-3-9(4-2-8)26-16(19,20)21/h1-7,22H,(H2,23,24,25). The molecule has 0 atom stereocenters. The molecule has 2 amide bonds. The number of thioether (sulfide) groups is 1. The molecule has 136 valence electrons. The Balaban J connectivity index is 1.68. The third-order valence-electron chi connectivity index (χ3n) is 3.32. The Bertz CT molecular complexity index is 957. The van der Waals surface area contributed by atoms with Gasteiger partial charge in [0.2, 0.25) is 0 Å². The Hall–Kier alpha value is -2.20. The zero-order valence-corrected chi connectivity index (χ0v) is 15.2. The first-order valence-corrected chi connectivity index (χ1v) is 8.72. The summed E-state index contributed by atoms with van der Waals surface area (Å²) in [5.41, 5.74) is -3.05. The summed E-state index contributed by atoms with van der Waals surface area (Å²) >= 11 is 2.84. The Labute approximate surface area is 157 Å². The van der Waals surface area contributed by atoms with Crippen molar-refractivity contribution in [3.05, 3.63) is 52.9 Å². The average Bonchev–Trinajstić information content (AvgIpc) is 2.90. The first kappa shape index (κ1) is 18.6. The van der Waals surface area contributed by atoms with Crippen LogP contribution in [-0.4, -0.2) is 16.5 Å². The van der Waals surface area contributed by atoms with Crippen LogP contribution in [0.3, 0.4) is 0 Å². The van der Waals surface area contributed by atoms with Crippen LogP contribution in [0.15, 0.2) is 52.0 Å². The molecule has 1 aromatic heterocycles. The molecule has 0 unspecified atom stereocenters. The molecule has 0 aliphatic heterocycles. The van der Waals surface area contributed by atoms with Gasteiger partial charge in [-0.25, -0.2) is 9.18 Å². The number of nitrogens with one attached hydrogen (secondary N) is 3. The lowest BCUT2D eigenvalue weighted by Gasteiger charge is -2.09. The second-order valence-corrected chi connectivity index (χ2v) is 7.16. The van der Waals surface area contributed by atoms with Crippen molar-refractivity contribution in [1.82, 2.24) is 4.98 Å². The maximum absolute atomic E-state index is 13.7. The quantitative estimate of drug-likeness (QED) is 0.324. The monoisotopic (exact) mass is 447 g/mol. The van der Waals surface area contributed by atoms with Crippen LogP contribution in [0.5, 0.6) is 0 Å². The lowest BCUT2D eigenvalue weighted by molar-refractivity contribution is -0.0328. The maximum Gasteiger partial charge on any atom is 0.446 e. The number of halogens is 5. The smallest absolute Gasteiger partial charge is 0.359 e. The lowest BCUT2D eigenvalue weighted by Crippen LogP contribution is -2.19. The van der Waals surface area contributed by atoms with E-state index >= 15 is 0 Å². The van der Waals surface area contributed by atoms with Gasteiger partial charge in [0.25, 0.3) is 0 Å². The fourth-order valence-corrected chi connectivity index (χ4v) is 3.13. The first-order valence-electron chi connectivity index (χ1n) is 7.11. The Kier molecular flexibility index (Phi) is 5.15. The molecule has 0 bridgehead atoms. The summed E-state index contributed by atoms with van der Waals surface area (Å²) in [4.78, 5) is 15.0.